The van der Waals surface area contributed by atoms with Crippen molar-refractivity contribution in [3.8, 4) is 11.5 Å². The predicted octanol–water partition coefficient (Wildman–Crippen LogP) is 2.80. The third kappa shape index (κ3) is 3.85. The van der Waals surface area contributed by atoms with Crippen molar-refractivity contribution in [2.45, 2.75) is 6.92 Å². The molecule has 1 aliphatic heterocycles. The number of rotatable bonds is 4. The van der Waals surface area contributed by atoms with Crippen LogP contribution in [0.15, 0.2) is 64.0 Å². The fourth-order valence-corrected chi connectivity index (χ4v) is 3.46. The Morgan fingerprint density at radius 3 is 2.28 bits per heavy atom. The van der Waals surface area contributed by atoms with Crippen molar-refractivity contribution in [2.24, 2.45) is 0 Å². The van der Waals surface area contributed by atoms with Gasteiger partial charge in [-0.05, 0) is 55.5 Å². The van der Waals surface area contributed by atoms with Crippen molar-refractivity contribution in [3.63, 3.8) is 0 Å². The van der Waals surface area contributed by atoms with E-state index in [1.165, 1.54) is 6.26 Å². The second kappa shape index (κ2) is 7.79. The van der Waals surface area contributed by atoms with Crippen LogP contribution in [0.1, 0.15) is 27.6 Å². The molecule has 1 saturated heterocycles. The van der Waals surface area contributed by atoms with Crippen LogP contribution in [0.5, 0.6) is 0 Å². The zero-order chi connectivity index (χ0) is 20.4. The molecule has 7 nitrogen and oxygen atoms in total. The number of nitrogens with zero attached hydrogens (tertiary/aromatic N) is 2. The quantitative estimate of drug-likeness (QED) is 0.691. The second-order valence-corrected chi connectivity index (χ2v) is 6.97. The summed E-state index contributed by atoms with van der Waals surface area (Å²) in [5.41, 5.74) is 1.93. The average Bonchev–Trinajstić information content (AvgIpc) is 3.28. The van der Waals surface area contributed by atoms with Gasteiger partial charge in [0, 0.05) is 37.4 Å². The number of hydrogen-bond acceptors (Lipinski definition) is 5. The van der Waals surface area contributed by atoms with Crippen LogP contribution >= 0.6 is 0 Å². The number of amides is 1. The summed E-state index contributed by atoms with van der Waals surface area (Å²) in [6.07, 6.45) is 1.53. The molecule has 0 radical (unpaired) electrons. The topological polar surface area (TPSA) is 86.6 Å². The van der Waals surface area contributed by atoms with Gasteiger partial charge >= 0.3 is 0 Å². The Morgan fingerprint density at radius 2 is 1.69 bits per heavy atom. The van der Waals surface area contributed by atoms with Crippen molar-refractivity contribution < 1.29 is 14.0 Å². The molecule has 2 aromatic heterocycles. The van der Waals surface area contributed by atoms with Gasteiger partial charge < -0.3 is 19.2 Å². The van der Waals surface area contributed by atoms with E-state index < -0.39 is 5.56 Å². The predicted molar refractivity (Wildman–Crippen MR) is 109 cm³/mol. The van der Waals surface area contributed by atoms with E-state index in [0.717, 1.165) is 5.69 Å². The smallest absolute Gasteiger partial charge is 0.261 e. The summed E-state index contributed by atoms with van der Waals surface area (Å²) < 4.78 is 5.28. The number of benzene rings is 1. The molecule has 1 fully saturated rings. The maximum Gasteiger partial charge on any atom is 0.261 e. The number of carbonyl (C=O) groups excluding carboxylic acids is 2. The van der Waals surface area contributed by atoms with Crippen LogP contribution in [0.2, 0.25) is 0 Å². The summed E-state index contributed by atoms with van der Waals surface area (Å²) in [5.74, 6) is 0.310. The van der Waals surface area contributed by atoms with E-state index in [-0.39, 0.29) is 17.3 Å². The number of furan rings is 1. The Labute approximate surface area is 167 Å². The fraction of sp³-hybridized carbons (Fsp3) is 0.227. The number of aromatic nitrogens is 1. The van der Waals surface area contributed by atoms with Gasteiger partial charge in [0.15, 0.2) is 5.78 Å². The van der Waals surface area contributed by atoms with Gasteiger partial charge in [0.25, 0.3) is 11.5 Å². The number of hydrogen-bond donors (Lipinski definition) is 1. The van der Waals surface area contributed by atoms with Gasteiger partial charge in [0.1, 0.15) is 11.3 Å². The van der Waals surface area contributed by atoms with Gasteiger partial charge in [0.05, 0.1) is 12.0 Å². The molecule has 7 heteroatoms. The molecule has 0 unspecified atom stereocenters. The summed E-state index contributed by atoms with van der Waals surface area (Å²) in [5, 5.41) is 0. The van der Waals surface area contributed by atoms with Crippen LogP contribution < -0.4 is 10.5 Å². The highest BCUT2D eigenvalue weighted by Crippen LogP contribution is 2.19. The highest BCUT2D eigenvalue weighted by atomic mass is 16.3. The summed E-state index contributed by atoms with van der Waals surface area (Å²) >= 11 is 0. The Kier molecular flexibility index (Phi) is 5.03. The molecule has 4 rings (SSSR count). The summed E-state index contributed by atoms with van der Waals surface area (Å²) in [4.78, 5) is 43.2. The Morgan fingerprint density at radius 1 is 0.966 bits per heavy atom. The second-order valence-electron chi connectivity index (χ2n) is 6.97. The largest absolute Gasteiger partial charge is 0.463 e. The van der Waals surface area contributed by atoms with E-state index in [2.05, 4.69) is 9.88 Å². The molecule has 1 aromatic carbocycles. The zero-order valence-corrected chi connectivity index (χ0v) is 16.1. The first-order valence-electron chi connectivity index (χ1n) is 9.45. The highest BCUT2D eigenvalue weighted by molar-refractivity contribution is 5.95. The number of carbonyl (C=O) groups is 2. The van der Waals surface area contributed by atoms with Gasteiger partial charge in [0.2, 0.25) is 0 Å². The first-order chi connectivity index (χ1) is 14.0. The van der Waals surface area contributed by atoms with Crippen LogP contribution in [-0.4, -0.2) is 47.8 Å². The molecular formula is C22H21N3O4. The van der Waals surface area contributed by atoms with Gasteiger partial charge in [-0.25, -0.2) is 0 Å². The molecule has 0 bridgehead atoms. The molecule has 29 heavy (non-hydrogen) atoms. The molecule has 0 spiro atoms. The number of pyridine rings is 1. The summed E-state index contributed by atoms with van der Waals surface area (Å²) in [6.45, 7) is 3.91. The van der Waals surface area contributed by atoms with E-state index in [1.807, 2.05) is 24.3 Å². The summed E-state index contributed by atoms with van der Waals surface area (Å²) in [6, 6.07) is 14.2. The number of nitrogens with one attached hydrogen (secondary N) is 1. The molecule has 1 aliphatic rings. The van der Waals surface area contributed by atoms with E-state index >= 15 is 0 Å². The Balaban J connectivity index is 1.42. The van der Waals surface area contributed by atoms with Crippen LogP contribution in [0.25, 0.3) is 11.5 Å². The molecule has 3 heterocycles. The van der Waals surface area contributed by atoms with Crippen LogP contribution in [0, 0.1) is 0 Å². The van der Waals surface area contributed by atoms with Crippen molar-refractivity contribution in [1.82, 2.24) is 9.88 Å². The van der Waals surface area contributed by atoms with E-state index in [4.69, 9.17) is 4.42 Å². The normalized spacial score (nSPS) is 14.1. The van der Waals surface area contributed by atoms with Gasteiger partial charge in [-0.2, -0.15) is 0 Å². The van der Waals surface area contributed by atoms with Crippen molar-refractivity contribution in [1.29, 1.82) is 0 Å². The SMILES string of the molecule is CC(=O)c1ccc(N2CCN(C(=O)c3ccc(-c4ccco4)[nH]c3=O)CC2)cc1. The number of H-pyrrole nitrogens is 1. The minimum absolute atomic E-state index is 0.0373. The zero-order valence-electron chi connectivity index (χ0n) is 16.1. The molecule has 1 amide bonds. The molecule has 0 aliphatic carbocycles. The monoisotopic (exact) mass is 391 g/mol. The first kappa shape index (κ1) is 18.7. The van der Waals surface area contributed by atoms with Crippen molar-refractivity contribution >= 4 is 17.4 Å². The third-order valence-corrected chi connectivity index (χ3v) is 5.13. The van der Waals surface area contributed by atoms with Gasteiger partial charge in [-0.15, -0.1) is 0 Å². The number of aromatic amines is 1. The standard InChI is InChI=1S/C22H21N3O4/c1-15(26)16-4-6-17(7-5-16)24-10-12-25(13-11-24)22(28)18-8-9-19(23-21(18)27)20-3-2-14-29-20/h2-9,14H,10-13H2,1H3,(H,23,27). The number of anilines is 1. The molecule has 148 valence electrons. The van der Waals surface area contributed by atoms with Crippen molar-refractivity contribution in [3.05, 3.63) is 76.3 Å². The maximum absolute atomic E-state index is 12.8. The van der Waals surface area contributed by atoms with E-state index in [1.54, 1.807) is 36.1 Å². The van der Waals surface area contributed by atoms with E-state index in [9.17, 15) is 14.4 Å². The van der Waals surface area contributed by atoms with Crippen LogP contribution in [-0.2, 0) is 0 Å². The first-order valence-corrected chi connectivity index (χ1v) is 9.45. The Bertz CT molecular complexity index is 1080. The highest BCUT2D eigenvalue weighted by Gasteiger charge is 2.24. The van der Waals surface area contributed by atoms with Crippen LogP contribution in [0.4, 0.5) is 5.69 Å². The number of ketones is 1. The maximum atomic E-state index is 12.8. The lowest BCUT2D eigenvalue weighted by Gasteiger charge is -2.36. The third-order valence-electron chi connectivity index (χ3n) is 5.13. The molecule has 0 saturated carbocycles. The van der Waals surface area contributed by atoms with Crippen LogP contribution in [0.3, 0.4) is 0 Å². The average molecular weight is 391 g/mol. The fourth-order valence-electron chi connectivity index (χ4n) is 3.46. The van der Waals surface area contributed by atoms with E-state index in [0.29, 0.717) is 43.2 Å². The van der Waals surface area contributed by atoms with Gasteiger partial charge in [-0.1, -0.05) is 0 Å². The van der Waals surface area contributed by atoms with Crippen molar-refractivity contribution in [2.75, 3.05) is 31.1 Å². The minimum atomic E-state index is -0.425. The lowest BCUT2D eigenvalue weighted by molar-refractivity contribution is 0.0744. The lowest BCUT2D eigenvalue weighted by Crippen LogP contribution is -2.49. The van der Waals surface area contributed by atoms with Gasteiger partial charge in [-0.3, -0.25) is 14.4 Å². The number of piperazine rings is 1. The molecular weight excluding hydrogens is 370 g/mol. The molecule has 3 aromatic rings. The summed E-state index contributed by atoms with van der Waals surface area (Å²) in [7, 11) is 0. The lowest BCUT2D eigenvalue weighted by atomic mass is 10.1. The minimum Gasteiger partial charge on any atom is -0.463 e. The Hall–Kier alpha value is -3.61. The molecule has 0 atom stereocenters. The number of Topliss-reactive ketones (excluding diaryl/α,β-unsaturated/α-hetero) is 1. The molecule has 1 N–H and O–H groups in total.